The van der Waals surface area contributed by atoms with Crippen molar-refractivity contribution >= 4 is 46.5 Å². The van der Waals surface area contributed by atoms with Gasteiger partial charge < -0.3 is 36.5 Å². The molecule has 2 aromatic carbocycles. The van der Waals surface area contributed by atoms with Gasteiger partial charge in [-0.3, -0.25) is 24.0 Å². The first-order valence-corrected chi connectivity index (χ1v) is 14.7. The number of fused-ring (bicyclic) bond motifs is 1. The van der Waals surface area contributed by atoms with Crippen LogP contribution in [0.3, 0.4) is 0 Å². The maximum absolute atomic E-state index is 13.5. The van der Waals surface area contributed by atoms with E-state index in [-0.39, 0.29) is 19.3 Å². The van der Waals surface area contributed by atoms with Gasteiger partial charge in [0.25, 0.3) is 0 Å². The van der Waals surface area contributed by atoms with Gasteiger partial charge in [-0.2, -0.15) is 0 Å². The minimum atomic E-state index is -1.62. The highest BCUT2D eigenvalue weighted by Gasteiger charge is 2.32. The number of carboxylic acid groups (broad SMARTS) is 2. The molecule has 3 aromatic rings. The van der Waals surface area contributed by atoms with Gasteiger partial charge in [-0.05, 0) is 23.6 Å². The van der Waals surface area contributed by atoms with Gasteiger partial charge in [0.2, 0.25) is 23.6 Å². The monoisotopic (exact) mass is 621 g/mol. The number of hydrogen-bond donors (Lipinski definition) is 7. The first-order chi connectivity index (χ1) is 21.5. The fraction of sp³-hybridized carbons (Fsp3) is 0.375. The van der Waals surface area contributed by atoms with Crippen molar-refractivity contribution < 1.29 is 39.0 Å². The number of carbonyl (C=O) groups is 6. The van der Waals surface area contributed by atoms with Crippen LogP contribution in [0.4, 0.5) is 0 Å². The van der Waals surface area contributed by atoms with Crippen LogP contribution in [0.1, 0.15) is 50.7 Å². The number of aromatic nitrogens is 1. The molecule has 0 bridgehead atoms. The second-order valence-corrected chi connectivity index (χ2v) is 10.8. The Morgan fingerprint density at radius 2 is 1.33 bits per heavy atom. The Kier molecular flexibility index (Phi) is 12.6. The van der Waals surface area contributed by atoms with E-state index in [2.05, 4.69) is 26.3 Å². The molecular weight excluding hydrogens is 582 g/mol. The average Bonchev–Trinajstić information content (AvgIpc) is 3.40. The maximum Gasteiger partial charge on any atom is 0.326 e. The molecule has 0 saturated heterocycles. The van der Waals surface area contributed by atoms with Gasteiger partial charge in [0.1, 0.15) is 24.2 Å². The van der Waals surface area contributed by atoms with Crippen molar-refractivity contribution in [1.29, 1.82) is 0 Å². The molecule has 13 heteroatoms. The molecule has 7 N–H and O–H groups in total. The molecule has 4 atom stereocenters. The van der Waals surface area contributed by atoms with E-state index >= 15 is 0 Å². The summed E-state index contributed by atoms with van der Waals surface area (Å²) in [7, 11) is 0. The summed E-state index contributed by atoms with van der Waals surface area (Å²) in [4.78, 5) is 78.6. The van der Waals surface area contributed by atoms with Crippen LogP contribution < -0.4 is 21.3 Å². The molecule has 0 aliphatic carbocycles. The molecule has 4 amide bonds. The van der Waals surface area contributed by atoms with Gasteiger partial charge >= 0.3 is 11.9 Å². The van der Waals surface area contributed by atoms with E-state index in [9.17, 15) is 39.0 Å². The summed E-state index contributed by atoms with van der Waals surface area (Å²) >= 11 is 0. The number of H-pyrrole nitrogens is 1. The average molecular weight is 622 g/mol. The molecule has 0 unspecified atom stereocenters. The van der Waals surface area contributed by atoms with Crippen molar-refractivity contribution in [3.63, 3.8) is 0 Å². The summed E-state index contributed by atoms with van der Waals surface area (Å²) in [6, 6.07) is 10.8. The van der Waals surface area contributed by atoms with E-state index in [0.717, 1.165) is 16.5 Å². The Labute approximate surface area is 260 Å². The normalized spacial score (nSPS) is 13.6. The summed E-state index contributed by atoms with van der Waals surface area (Å²) < 4.78 is 0. The zero-order chi connectivity index (χ0) is 32.9. The minimum Gasteiger partial charge on any atom is -0.481 e. The first kappa shape index (κ1) is 34.3. The Hall–Kier alpha value is -5.20. The summed E-state index contributed by atoms with van der Waals surface area (Å²) in [5.41, 5.74) is 2.26. The third-order valence-electron chi connectivity index (χ3n) is 7.18. The molecule has 45 heavy (non-hydrogen) atoms. The number of unbranched alkanes of at least 4 members (excludes halogenated alkanes) is 1. The predicted molar refractivity (Wildman–Crippen MR) is 165 cm³/mol. The summed E-state index contributed by atoms with van der Waals surface area (Å²) in [6.07, 6.45) is 2.33. The first-order valence-electron chi connectivity index (χ1n) is 14.7. The number of rotatable bonds is 17. The van der Waals surface area contributed by atoms with Crippen molar-refractivity contribution in [3.8, 4) is 0 Å². The summed E-state index contributed by atoms with van der Waals surface area (Å²) in [5, 5.41) is 30.0. The molecule has 0 fully saturated rings. The SMILES string of the molecule is CCCC[C@H](NC(=O)[C@H](Cc1c[nH]c2ccccc12)NC(C)=O)C(=O)N[C@@H](CC(=O)O)C(=O)N[C@@H](Cc1ccccc1)C(=O)O. The Balaban J connectivity index is 1.76. The van der Waals surface area contributed by atoms with Crippen LogP contribution in [-0.4, -0.2) is 74.9 Å². The van der Waals surface area contributed by atoms with E-state index in [0.29, 0.717) is 18.4 Å². The molecule has 0 aliphatic rings. The Morgan fingerprint density at radius 3 is 1.98 bits per heavy atom. The molecule has 3 rings (SSSR count). The number of carboxylic acids is 2. The second kappa shape index (κ2) is 16.6. The van der Waals surface area contributed by atoms with Crippen LogP contribution in [0, 0.1) is 0 Å². The fourth-order valence-electron chi connectivity index (χ4n) is 4.90. The molecule has 0 radical (unpaired) electrons. The number of hydrogen-bond acceptors (Lipinski definition) is 6. The van der Waals surface area contributed by atoms with Gasteiger partial charge in [-0.25, -0.2) is 4.79 Å². The summed E-state index contributed by atoms with van der Waals surface area (Å²) in [5.74, 6) is -5.64. The second-order valence-electron chi connectivity index (χ2n) is 10.8. The summed E-state index contributed by atoms with van der Waals surface area (Å²) in [6.45, 7) is 3.15. The molecule has 0 aliphatic heterocycles. The van der Waals surface area contributed by atoms with Crippen molar-refractivity contribution in [2.24, 2.45) is 0 Å². The third kappa shape index (κ3) is 10.5. The van der Waals surface area contributed by atoms with Crippen molar-refractivity contribution in [1.82, 2.24) is 26.3 Å². The number of aliphatic carboxylic acids is 2. The molecule has 0 spiro atoms. The molecule has 13 nitrogen and oxygen atoms in total. The van der Waals surface area contributed by atoms with Crippen molar-refractivity contribution in [2.45, 2.75) is 76.5 Å². The number of nitrogens with one attached hydrogen (secondary N) is 5. The lowest BCUT2D eigenvalue weighted by Crippen LogP contribution is -2.58. The lowest BCUT2D eigenvalue weighted by molar-refractivity contribution is -0.143. The lowest BCUT2D eigenvalue weighted by Gasteiger charge is -2.25. The van der Waals surface area contributed by atoms with Gasteiger partial charge in [-0.1, -0.05) is 68.3 Å². The zero-order valence-electron chi connectivity index (χ0n) is 25.2. The highest BCUT2D eigenvalue weighted by Crippen LogP contribution is 2.19. The van der Waals surface area contributed by atoms with Crippen LogP contribution in [0.5, 0.6) is 0 Å². The van der Waals surface area contributed by atoms with Gasteiger partial charge in [0.15, 0.2) is 0 Å². The highest BCUT2D eigenvalue weighted by molar-refractivity contribution is 5.96. The zero-order valence-corrected chi connectivity index (χ0v) is 25.2. The minimum absolute atomic E-state index is 0.0637. The molecule has 0 saturated carbocycles. The molecule has 1 heterocycles. The topological polar surface area (TPSA) is 207 Å². The fourth-order valence-corrected chi connectivity index (χ4v) is 4.90. The Morgan fingerprint density at radius 1 is 0.733 bits per heavy atom. The predicted octanol–water partition coefficient (Wildman–Crippen LogP) is 1.66. The van der Waals surface area contributed by atoms with E-state index in [1.807, 2.05) is 31.2 Å². The van der Waals surface area contributed by atoms with Gasteiger partial charge in [-0.15, -0.1) is 0 Å². The van der Waals surface area contributed by atoms with Crippen molar-refractivity contribution in [3.05, 3.63) is 71.9 Å². The smallest absolute Gasteiger partial charge is 0.326 e. The maximum atomic E-state index is 13.5. The van der Waals surface area contributed by atoms with E-state index in [1.54, 1.807) is 36.5 Å². The number of carbonyl (C=O) groups excluding carboxylic acids is 4. The number of amides is 4. The quantitative estimate of drug-likeness (QED) is 0.118. The van der Waals surface area contributed by atoms with Crippen LogP contribution in [-0.2, 0) is 41.6 Å². The lowest BCUT2D eigenvalue weighted by atomic mass is 10.0. The van der Waals surface area contributed by atoms with Gasteiger partial charge in [0.05, 0.1) is 6.42 Å². The highest BCUT2D eigenvalue weighted by atomic mass is 16.4. The molecule has 1 aromatic heterocycles. The largest absolute Gasteiger partial charge is 0.481 e. The molecule has 240 valence electrons. The van der Waals surface area contributed by atoms with Crippen LogP contribution in [0.2, 0.25) is 0 Å². The van der Waals surface area contributed by atoms with E-state index in [4.69, 9.17) is 0 Å². The van der Waals surface area contributed by atoms with E-state index < -0.39 is 66.2 Å². The molecular formula is C32H39N5O8. The standard InChI is InChI=1S/C32H39N5O8/c1-3-4-13-24(35-30(42)25(34-19(2)38)16-21-18-33-23-14-9-8-12-22(21)23)29(41)36-26(17-28(39)40)31(43)37-27(32(44)45)15-20-10-6-5-7-11-20/h5-12,14,18,24-27,33H,3-4,13,15-17H2,1-2H3,(H,34,38)(H,35,42)(H,36,41)(H,37,43)(H,39,40)(H,44,45)/t24-,25-,26-,27-/m0/s1. The van der Waals surface area contributed by atoms with Crippen molar-refractivity contribution in [2.75, 3.05) is 0 Å². The number of para-hydroxylation sites is 1. The number of benzene rings is 2. The number of aromatic amines is 1. The van der Waals surface area contributed by atoms with Crippen LogP contribution >= 0.6 is 0 Å². The van der Waals surface area contributed by atoms with Gasteiger partial charge in [0, 0.05) is 36.9 Å². The van der Waals surface area contributed by atoms with Crippen LogP contribution in [0.25, 0.3) is 10.9 Å². The Bertz CT molecular complexity index is 1510. The third-order valence-corrected chi connectivity index (χ3v) is 7.18. The van der Waals surface area contributed by atoms with E-state index in [1.165, 1.54) is 6.92 Å². The van der Waals surface area contributed by atoms with Crippen LogP contribution in [0.15, 0.2) is 60.8 Å².